The van der Waals surface area contributed by atoms with Crippen LogP contribution in [-0.2, 0) is 0 Å². The minimum atomic E-state index is -2.86. The van der Waals surface area contributed by atoms with E-state index in [1.54, 1.807) is 6.07 Å². The molecule has 8 heteroatoms. The van der Waals surface area contributed by atoms with Gasteiger partial charge < -0.3 is 14.0 Å². The van der Waals surface area contributed by atoms with E-state index < -0.39 is 7.40 Å². The summed E-state index contributed by atoms with van der Waals surface area (Å²) in [5.74, 6) is 2.00. The number of unbranched alkanes of at least 4 members (excludes halogenated alkanes) is 2. The number of allylic oxidation sites excluding steroid dienone is 1. The van der Waals surface area contributed by atoms with E-state index in [0.29, 0.717) is 47.3 Å². The lowest BCUT2D eigenvalue weighted by molar-refractivity contribution is 0.309. The van der Waals surface area contributed by atoms with E-state index in [1.165, 1.54) is 0 Å². The molecule has 0 aliphatic carbocycles. The molecule has 1 aromatic heterocycles. The summed E-state index contributed by atoms with van der Waals surface area (Å²) in [6.45, 7) is 5.51. The van der Waals surface area contributed by atoms with Gasteiger partial charge in [0.1, 0.15) is 17.3 Å². The van der Waals surface area contributed by atoms with Crippen LogP contribution in [0.15, 0.2) is 131 Å². The largest absolute Gasteiger partial charge is 0.679 e. The van der Waals surface area contributed by atoms with Crippen LogP contribution in [0.4, 0.5) is 14.4 Å². The summed E-state index contributed by atoms with van der Waals surface area (Å²) in [5, 5.41) is 0. The summed E-state index contributed by atoms with van der Waals surface area (Å²) < 4.78 is 43.0. The Labute approximate surface area is 281 Å². The van der Waals surface area contributed by atoms with Crippen molar-refractivity contribution >= 4 is 30.3 Å². The van der Waals surface area contributed by atoms with Crippen LogP contribution in [0.1, 0.15) is 50.7 Å². The number of amidine groups is 1. The number of aliphatic imine (C=N–C) groups is 2. The van der Waals surface area contributed by atoms with E-state index in [0.717, 1.165) is 58.2 Å². The summed E-state index contributed by atoms with van der Waals surface area (Å²) >= 11 is 0. The van der Waals surface area contributed by atoms with E-state index >= 15 is 8.63 Å². The van der Waals surface area contributed by atoms with Crippen LogP contribution in [0.25, 0.3) is 28.0 Å². The van der Waals surface area contributed by atoms with Gasteiger partial charge in [-0.15, -0.1) is 0 Å². The molecule has 0 spiro atoms. The molecule has 0 radical (unpaired) electrons. The maximum absolute atomic E-state index is 15.2. The van der Waals surface area contributed by atoms with Crippen LogP contribution < -0.4 is 9.47 Å². The normalized spacial score (nSPS) is 13.4. The van der Waals surface area contributed by atoms with Crippen molar-refractivity contribution in [2.45, 2.75) is 39.5 Å². The first-order chi connectivity index (χ1) is 23.6. The van der Waals surface area contributed by atoms with Gasteiger partial charge in [0.25, 0.3) is 0 Å². The van der Waals surface area contributed by atoms with Gasteiger partial charge >= 0.3 is 7.40 Å². The first-order valence-corrected chi connectivity index (χ1v) is 16.6. The van der Waals surface area contributed by atoms with Gasteiger partial charge in [0.2, 0.25) is 0 Å². The van der Waals surface area contributed by atoms with Crippen molar-refractivity contribution in [1.82, 2.24) is 4.48 Å². The minimum absolute atomic E-state index is 0.135. The lowest BCUT2D eigenvalue weighted by atomic mass is 10.0. The molecule has 0 fully saturated rings. The molecule has 5 nitrogen and oxygen atoms in total. The topological polar surface area (TPSA) is 48.1 Å². The van der Waals surface area contributed by atoms with E-state index in [2.05, 4.69) is 13.8 Å². The van der Waals surface area contributed by atoms with E-state index in [9.17, 15) is 0 Å². The third-order valence-electron chi connectivity index (χ3n) is 8.17. The standard InChI is InChI=1S/C40H38BF2N3O2/c1-3-5-25-47-33-21-17-31(18-22-33)37-27-35(29-13-9-7-10-14-29)39(44-37)45-40-36(30-15-11-8-12-16-30)28-38(46(40)41(42)43)32-19-23-34(24-20-32)48-26-6-4-2/h7-24,27-28H,3-6,25-26H2,1-2H3/b45-39-. The van der Waals surface area contributed by atoms with Crippen molar-refractivity contribution in [1.29, 1.82) is 0 Å². The van der Waals surface area contributed by atoms with Crippen LogP contribution in [-0.4, -0.2) is 36.6 Å². The van der Waals surface area contributed by atoms with Gasteiger partial charge in [-0.2, -0.15) is 0 Å². The van der Waals surface area contributed by atoms with Crippen LogP contribution in [0, 0.1) is 0 Å². The molecular weight excluding hydrogens is 603 g/mol. The second-order valence-corrected chi connectivity index (χ2v) is 11.6. The highest BCUT2D eigenvalue weighted by molar-refractivity contribution is 6.43. The Kier molecular flexibility index (Phi) is 10.6. The molecule has 0 N–H and O–H groups in total. The fourth-order valence-corrected chi connectivity index (χ4v) is 5.56. The minimum Gasteiger partial charge on any atom is -0.494 e. The lowest BCUT2D eigenvalue weighted by Crippen LogP contribution is -2.14. The van der Waals surface area contributed by atoms with Gasteiger partial charge in [-0.05, 0) is 90.2 Å². The van der Waals surface area contributed by atoms with E-state index in [1.807, 2.05) is 115 Å². The molecule has 1 aliphatic rings. The van der Waals surface area contributed by atoms with Crippen molar-refractivity contribution in [3.63, 3.8) is 0 Å². The fourth-order valence-electron chi connectivity index (χ4n) is 5.56. The Balaban J connectivity index is 1.46. The zero-order valence-corrected chi connectivity index (χ0v) is 27.3. The Morgan fingerprint density at radius 1 is 0.667 bits per heavy atom. The summed E-state index contributed by atoms with van der Waals surface area (Å²) in [5.41, 5.74) is 5.59. The summed E-state index contributed by atoms with van der Waals surface area (Å²) in [6.07, 6.45) is 6.00. The first kappa shape index (κ1) is 32.7. The predicted octanol–water partition coefficient (Wildman–Crippen LogP) is 10.6. The number of nitrogens with zero attached hydrogens (tertiary/aromatic N) is 3. The van der Waals surface area contributed by atoms with Crippen LogP contribution in [0.2, 0.25) is 0 Å². The smallest absolute Gasteiger partial charge is 0.494 e. The van der Waals surface area contributed by atoms with Gasteiger partial charge in [-0.3, -0.25) is 8.63 Å². The summed E-state index contributed by atoms with van der Waals surface area (Å²) in [6, 6.07) is 36.2. The summed E-state index contributed by atoms with van der Waals surface area (Å²) in [4.78, 5) is 9.90. The van der Waals surface area contributed by atoms with E-state index in [-0.39, 0.29) is 5.82 Å². The Bertz CT molecular complexity index is 1900. The molecule has 48 heavy (non-hydrogen) atoms. The van der Waals surface area contributed by atoms with Gasteiger partial charge in [-0.1, -0.05) is 87.4 Å². The average molecular weight is 642 g/mol. The molecule has 0 saturated heterocycles. The Hall–Kier alpha value is -5.24. The third kappa shape index (κ3) is 7.49. The molecule has 5 aromatic rings. The molecule has 6 rings (SSSR count). The predicted molar refractivity (Wildman–Crippen MR) is 194 cm³/mol. The lowest BCUT2D eigenvalue weighted by Gasteiger charge is -2.11. The van der Waals surface area contributed by atoms with Crippen molar-refractivity contribution < 1.29 is 18.1 Å². The maximum Gasteiger partial charge on any atom is 0.679 e. The quantitative estimate of drug-likeness (QED) is 0.0895. The monoisotopic (exact) mass is 641 g/mol. The van der Waals surface area contributed by atoms with Crippen LogP contribution >= 0.6 is 0 Å². The molecule has 1 aliphatic heterocycles. The Morgan fingerprint density at radius 2 is 1.21 bits per heavy atom. The molecule has 0 atom stereocenters. The number of halogens is 2. The van der Waals surface area contributed by atoms with Crippen molar-refractivity contribution in [3.05, 3.63) is 132 Å². The number of rotatable bonds is 14. The highest BCUT2D eigenvalue weighted by Crippen LogP contribution is 2.40. The molecule has 2 heterocycles. The molecule has 0 amide bonds. The molecule has 242 valence electrons. The molecule has 0 saturated carbocycles. The highest BCUT2D eigenvalue weighted by Gasteiger charge is 2.30. The zero-order valence-electron chi connectivity index (χ0n) is 27.3. The second-order valence-electron chi connectivity index (χ2n) is 11.6. The number of hydrogen-bond donors (Lipinski definition) is 0. The third-order valence-corrected chi connectivity index (χ3v) is 8.17. The highest BCUT2D eigenvalue weighted by atomic mass is 19.2. The number of aromatic nitrogens is 1. The molecule has 0 bridgehead atoms. The van der Waals surface area contributed by atoms with Gasteiger partial charge in [0, 0.05) is 22.4 Å². The van der Waals surface area contributed by atoms with Crippen molar-refractivity contribution in [2.75, 3.05) is 13.2 Å². The number of hydrogen-bond acceptors (Lipinski definition) is 3. The van der Waals surface area contributed by atoms with Gasteiger partial charge in [-0.25, -0.2) is 9.98 Å². The van der Waals surface area contributed by atoms with Gasteiger partial charge in [0.05, 0.1) is 18.9 Å². The molecule has 0 unspecified atom stereocenters. The van der Waals surface area contributed by atoms with Crippen LogP contribution in [0.3, 0.4) is 0 Å². The van der Waals surface area contributed by atoms with Gasteiger partial charge in [0.15, 0.2) is 5.84 Å². The fraction of sp³-hybridized carbons (Fsp3) is 0.200. The second kappa shape index (κ2) is 15.6. The Morgan fingerprint density at radius 3 is 1.75 bits per heavy atom. The SMILES string of the molecule is CCCCOc1ccc(C2=N/C(=N\c3c(-c4ccccc4)cc(-c4ccc(OCCCC)cc4)n3B(F)F)C(c3ccccc3)=C2)cc1. The van der Waals surface area contributed by atoms with Crippen molar-refractivity contribution in [2.24, 2.45) is 9.98 Å². The zero-order chi connectivity index (χ0) is 33.3. The van der Waals surface area contributed by atoms with Crippen LogP contribution in [0.5, 0.6) is 11.5 Å². The summed E-state index contributed by atoms with van der Waals surface area (Å²) in [7, 11) is -2.86. The number of benzene rings is 4. The molecular formula is C40H38BF2N3O2. The number of ether oxygens (including phenoxy) is 2. The first-order valence-electron chi connectivity index (χ1n) is 16.6. The molecule has 4 aromatic carbocycles. The maximum atomic E-state index is 15.2. The van der Waals surface area contributed by atoms with E-state index in [4.69, 9.17) is 19.5 Å². The van der Waals surface area contributed by atoms with Crippen molar-refractivity contribution in [3.8, 4) is 33.9 Å². The average Bonchev–Trinajstić information content (AvgIpc) is 3.72.